The molecule has 3 nitrogen and oxygen atoms in total. The van der Waals surface area contributed by atoms with E-state index in [1.807, 2.05) is 36.4 Å². The smallest absolute Gasteiger partial charge is 0.128 e. The highest BCUT2D eigenvalue weighted by atomic mass is 35.5. The summed E-state index contributed by atoms with van der Waals surface area (Å²) >= 11 is 7.59. The predicted molar refractivity (Wildman–Crippen MR) is 80.3 cm³/mol. The number of rotatable bonds is 2. The summed E-state index contributed by atoms with van der Waals surface area (Å²) in [5.74, 6) is 0. The molecule has 2 heterocycles. The second kappa shape index (κ2) is 4.87. The first-order chi connectivity index (χ1) is 9.17. The highest BCUT2D eigenvalue weighted by molar-refractivity contribution is 8.15. The van der Waals surface area contributed by atoms with Crippen LogP contribution in [0.2, 0.25) is 5.02 Å². The number of benzene rings is 1. The van der Waals surface area contributed by atoms with Gasteiger partial charge in [-0.3, -0.25) is 10.4 Å². The van der Waals surface area contributed by atoms with Crippen molar-refractivity contribution in [1.29, 1.82) is 0 Å². The van der Waals surface area contributed by atoms with Crippen LogP contribution in [0.4, 0.5) is 0 Å². The van der Waals surface area contributed by atoms with Crippen LogP contribution in [-0.2, 0) is 4.87 Å². The zero-order valence-corrected chi connectivity index (χ0v) is 11.9. The minimum Gasteiger partial charge on any atom is -0.288 e. The Hall–Kier alpha value is -1.52. The Morgan fingerprint density at radius 1 is 1.11 bits per heavy atom. The lowest BCUT2D eigenvalue weighted by molar-refractivity contribution is 0.562. The Morgan fingerprint density at radius 2 is 1.79 bits per heavy atom. The number of hydrogen-bond donors (Lipinski definition) is 1. The van der Waals surface area contributed by atoms with Gasteiger partial charge in [0.25, 0.3) is 0 Å². The minimum atomic E-state index is -0.252. The van der Waals surface area contributed by atoms with Gasteiger partial charge in [0.05, 0.1) is 0 Å². The molecule has 1 atom stereocenters. The molecule has 5 heteroatoms. The maximum Gasteiger partial charge on any atom is 0.128 e. The lowest BCUT2D eigenvalue weighted by atomic mass is 10.1. The molecule has 1 aliphatic rings. The number of halogens is 1. The van der Waals surface area contributed by atoms with Crippen LogP contribution in [0.25, 0.3) is 0 Å². The fourth-order valence-electron chi connectivity index (χ4n) is 1.91. The van der Waals surface area contributed by atoms with E-state index in [2.05, 4.69) is 22.4 Å². The van der Waals surface area contributed by atoms with Crippen LogP contribution in [0.3, 0.4) is 0 Å². The fourth-order valence-corrected chi connectivity index (χ4v) is 3.11. The van der Waals surface area contributed by atoms with Gasteiger partial charge in [0.1, 0.15) is 9.91 Å². The summed E-state index contributed by atoms with van der Waals surface area (Å²) in [7, 11) is 0. The van der Waals surface area contributed by atoms with Crippen molar-refractivity contribution >= 4 is 28.4 Å². The van der Waals surface area contributed by atoms with Crippen molar-refractivity contribution < 1.29 is 0 Å². The molecular weight excluding hydrogens is 278 g/mol. The average molecular weight is 290 g/mol. The number of nitrogens with zero attached hydrogens (tertiary/aromatic N) is 2. The van der Waals surface area contributed by atoms with Gasteiger partial charge >= 0.3 is 0 Å². The van der Waals surface area contributed by atoms with Gasteiger partial charge in [-0.1, -0.05) is 35.5 Å². The van der Waals surface area contributed by atoms with Crippen molar-refractivity contribution in [2.24, 2.45) is 5.10 Å². The average Bonchev–Trinajstić information content (AvgIpc) is 2.85. The predicted octanol–water partition coefficient (Wildman–Crippen LogP) is 3.61. The van der Waals surface area contributed by atoms with E-state index in [9.17, 15) is 0 Å². The maximum atomic E-state index is 5.90. The van der Waals surface area contributed by atoms with E-state index in [1.165, 1.54) is 0 Å². The van der Waals surface area contributed by atoms with Gasteiger partial charge in [-0.2, -0.15) is 5.10 Å². The largest absolute Gasteiger partial charge is 0.288 e. The molecule has 1 aromatic carbocycles. The van der Waals surface area contributed by atoms with Gasteiger partial charge in [-0.05, 0) is 36.8 Å². The molecule has 1 aromatic heterocycles. The second-order valence-corrected chi connectivity index (χ2v) is 6.25. The van der Waals surface area contributed by atoms with E-state index < -0.39 is 0 Å². The second-order valence-electron chi connectivity index (χ2n) is 4.41. The van der Waals surface area contributed by atoms with Crippen LogP contribution in [0.5, 0.6) is 0 Å². The van der Waals surface area contributed by atoms with Crippen LogP contribution < -0.4 is 5.43 Å². The van der Waals surface area contributed by atoms with Crippen molar-refractivity contribution in [3.63, 3.8) is 0 Å². The quantitative estimate of drug-likeness (QED) is 0.918. The van der Waals surface area contributed by atoms with Crippen LogP contribution in [0.15, 0.2) is 53.9 Å². The molecule has 19 heavy (non-hydrogen) atoms. The number of hydrazone groups is 1. The Morgan fingerprint density at radius 3 is 2.47 bits per heavy atom. The summed E-state index contributed by atoms with van der Waals surface area (Å²) in [5.41, 5.74) is 5.42. The van der Waals surface area contributed by atoms with Crippen molar-refractivity contribution in [3.8, 4) is 0 Å². The highest BCUT2D eigenvalue weighted by Gasteiger charge is 2.34. The molecule has 0 aliphatic carbocycles. The third-order valence-corrected chi connectivity index (χ3v) is 4.50. The Kier molecular flexibility index (Phi) is 3.21. The van der Waals surface area contributed by atoms with Crippen molar-refractivity contribution in [1.82, 2.24) is 10.4 Å². The molecule has 0 saturated carbocycles. The molecule has 0 amide bonds. The molecule has 2 aromatic rings. The first-order valence-electron chi connectivity index (χ1n) is 5.88. The van der Waals surface area contributed by atoms with Crippen molar-refractivity contribution in [3.05, 3.63) is 64.9 Å². The lowest BCUT2D eigenvalue weighted by Crippen LogP contribution is -2.28. The number of nitrogens with one attached hydrogen (secondary N) is 1. The molecule has 0 saturated heterocycles. The Balaban J connectivity index is 1.85. The van der Waals surface area contributed by atoms with Gasteiger partial charge in [0.2, 0.25) is 0 Å². The molecule has 0 spiro atoms. The Labute approximate surface area is 121 Å². The van der Waals surface area contributed by atoms with Gasteiger partial charge in [0, 0.05) is 23.0 Å². The zero-order valence-electron chi connectivity index (χ0n) is 10.3. The molecule has 1 unspecified atom stereocenters. The van der Waals surface area contributed by atoms with Gasteiger partial charge in [-0.15, -0.1) is 0 Å². The summed E-state index contributed by atoms with van der Waals surface area (Å²) in [6.45, 7) is 2.11. The van der Waals surface area contributed by atoms with Gasteiger partial charge < -0.3 is 0 Å². The number of aromatic nitrogens is 1. The first kappa shape index (κ1) is 12.5. The molecule has 0 bridgehead atoms. The summed E-state index contributed by atoms with van der Waals surface area (Å²) in [6, 6.07) is 11.7. The summed E-state index contributed by atoms with van der Waals surface area (Å²) in [5, 5.41) is 6.13. The molecule has 1 N–H and O–H groups in total. The fraction of sp³-hybridized carbons (Fsp3) is 0.143. The van der Waals surface area contributed by atoms with E-state index in [0.717, 1.165) is 21.2 Å². The maximum absolute atomic E-state index is 5.90. The third-order valence-electron chi connectivity index (χ3n) is 2.99. The minimum absolute atomic E-state index is 0.252. The summed E-state index contributed by atoms with van der Waals surface area (Å²) < 4.78 is 0. The third kappa shape index (κ3) is 2.46. The van der Waals surface area contributed by atoms with Crippen LogP contribution >= 0.6 is 23.4 Å². The van der Waals surface area contributed by atoms with Gasteiger partial charge in [0.15, 0.2) is 0 Å². The Bertz CT molecular complexity index is 612. The number of thioether (sulfide) groups is 1. The molecule has 96 valence electrons. The van der Waals surface area contributed by atoms with Crippen LogP contribution in [-0.4, -0.2) is 10.0 Å². The van der Waals surface area contributed by atoms with E-state index in [0.29, 0.717) is 0 Å². The van der Waals surface area contributed by atoms with Crippen molar-refractivity contribution in [2.75, 3.05) is 0 Å². The topological polar surface area (TPSA) is 37.3 Å². The molecule has 3 rings (SSSR count). The number of hydrogen-bond acceptors (Lipinski definition) is 4. The van der Waals surface area contributed by atoms with Crippen LogP contribution in [0, 0.1) is 0 Å². The monoisotopic (exact) mass is 289 g/mol. The highest BCUT2D eigenvalue weighted by Crippen LogP contribution is 2.39. The summed E-state index contributed by atoms with van der Waals surface area (Å²) in [6.07, 6.45) is 3.59. The van der Waals surface area contributed by atoms with E-state index in [-0.39, 0.29) is 4.87 Å². The normalized spacial score (nSPS) is 21.9. The molecule has 1 aliphatic heterocycles. The SMILES string of the molecule is CC1(c2ccncc2)NN=C(c2ccc(Cl)cc2)S1. The van der Waals surface area contributed by atoms with E-state index in [1.54, 1.807) is 24.2 Å². The number of pyridine rings is 1. The zero-order chi connectivity index (χ0) is 13.3. The van der Waals surface area contributed by atoms with E-state index in [4.69, 9.17) is 11.6 Å². The molecule has 0 fully saturated rings. The first-order valence-corrected chi connectivity index (χ1v) is 7.07. The summed E-state index contributed by atoms with van der Waals surface area (Å²) in [4.78, 5) is 3.79. The standard InChI is InChI=1S/C14H12ClN3S/c1-14(11-6-8-16-9-7-11)18-17-13(19-14)10-2-4-12(15)5-3-10/h2-9,18H,1H3. The van der Waals surface area contributed by atoms with Gasteiger partial charge in [-0.25, -0.2) is 0 Å². The molecule has 0 radical (unpaired) electrons. The van der Waals surface area contributed by atoms with E-state index >= 15 is 0 Å². The van der Waals surface area contributed by atoms with Crippen LogP contribution in [0.1, 0.15) is 18.1 Å². The molecular formula is C14H12ClN3S. The van der Waals surface area contributed by atoms with Crippen molar-refractivity contribution in [2.45, 2.75) is 11.8 Å². The lowest BCUT2D eigenvalue weighted by Gasteiger charge is -2.22.